The third-order valence-corrected chi connectivity index (χ3v) is 6.88. The molecule has 0 radical (unpaired) electrons. The number of amides is 2. The van der Waals surface area contributed by atoms with Gasteiger partial charge in [-0.25, -0.2) is 4.98 Å². The van der Waals surface area contributed by atoms with Gasteiger partial charge in [-0.1, -0.05) is 17.7 Å². The van der Waals surface area contributed by atoms with Gasteiger partial charge in [0.2, 0.25) is 11.9 Å². The molecular formula is C23H25ClN6O2S. The molecule has 0 saturated heterocycles. The summed E-state index contributed by atoms with van der Waals surface area (Å²) >= 11 is 7.69. The minimum Gasteiger partial charge on any atom is -0.354 e. The zero-order valence-electron chi connectivity index (χ0n) is 18.8. The second-order valence-electron chi connectivity index (χ2n) is 8.39. The SMILES string of the molecule is CNC(=O)c1scc(C)c1Nc1nc(Nc2ccc3c(c2)CCC(=O)NC3(C)C)ncc1Cl. The molecule has 2 amide bonds. The molecule has 1 aliphatic rings. The zero-order valence-corrected chi connectivity index (χ0v) is 20.4. The fraction of sp³-hybridized carbons (Fsp3) is 0.304. The van der Waals surface area contributed by atoms with Crippen molar-refractivity contribution in [3.8, 4) is 0 Å². The highest BCUT2D eigenvalue weighted by molar-refractivity contribution is 7.12. The molecule has 4 rings (SSSR count). The topological polar surface area (TPSA) is 108 Å². The fourth-order valence-electron chi connectivity index (χ4n) is 3.86. The van der Waals surface area contributed by atoms with Crippen molar-refractivity contribution in [2.45, 2.75) is 39.2 Å². The first-order chi connectivity index (χ1) is 15.7. The number of anilines is 4. The van der Waals surface area contributed by atoms with E-state index in [2.05, 4.69) is 31.2 Å². The van der Waals surface area contributed by atoms with Crippen molar-refractivity contribution in [1.29, 1.82) is 0 Å². The third kappa shape index (κ3) is 4.79. The van der Waals surface area contributed by atoms with Gasteiger partial charge in [-0.05, 0) is 61.4 Å². The van der Waals surface area contributed by atoms with Gasteiger partial charge in [-0.2, -0.15) is 4.98 Å². The lowest BCUT2D eigenvalue weighted by Crippen LogP contribution is -2.39. The largest absolute Gasteiger partial charge is 0.354 e. The maximum Gasteiger partial charge on any atom is 0.263 e. The number of rotatable bonds is 5. The Balaban J connectivity index is 1.61. The van der Waals surface area contributed by atoms with Crippen LogP contribution in [0.15, 0.2) is 29.8 Å². The number of nitrogens with one attached hydrogen (secondary N) is 4. The van der Waals surface area contributed by atoms with Crippen molar-refractivity contribution in [2.24, 2.45) is 0 Å². The normalized spacial score (nSPS) is 14.6. The standard InChI is InChI=1S/C23H25ClN6O2S/c1-12-11-33-19(21(32)25-4)18(12)28-20-16(24)10-26-22(29-20)27-14-6-7-15-13(9-14)5-8-17(31)30-23(15,2)3/h6-7,9-11H,5,8H2,1-4H3,(H,25,32)(H,30,31)(H2,26,27,28,29). The number of aryl methyl sites for hydroxylation is 2. The molecule has 0 atom stereocenters. The Morgan fingerprint density at radius 2 is 2.03 bits per heavy atom. The molecule has 0 saturated carbocycles. The zero-order chi connectivity index (χ0) is 23.8. The van der Waals surface area contributed by atoms with Gasteiger partial charge in [-0.3, -0.25) is 9.59 Å². The number of carbonyl (C=O) groups excluding carboxylic acids is 2. The van der Waals surface area contributed by atoms with Crippen LogP contribution in [0.1, 0.15) is 46.6 Å². The van der Waals surface area contributed by atoms with E-state index in [9.17, 15) is 9.59 Å². The predicted molar refractivity (Wildman–Crippen MR) is 132 cm³/mol. The molecule has 10 heteroatoms. The summed E-state index contributed by atoms with van der Waals surface area (Å²) in [6.45, 7) is 5.92. The van der Waals surface area contributed by atoms with E-state index in [0.29, 0.717) is 40.2 Å². The molecule has 3 aromatic rings. The molecule has 1 aliphatic heterocycles. The van der Waals surface area contributed by atoms with Crippen LogP contribution in [0.2, 0.25) is 5.02 Å². The highest BCUT2D eigenvalue weighted by Crippen LogP contribution is 2.34. The van der Waals surface area contributed by atoms with E-state index in [1.54, 1.807) is 7.05 Å². The Kier molecular flexibility index (Phi) is 6.27. The number of fused-ring (bicyclic) bond motifs is 1. The van der Waals surface area contributed by atoms with Crippen LogP contribution in [0.3, 0.4) is 0 Å². The molecule has 2 aromatic heterocycles. The van der Waals surface area contributed by atoms with E-state index in [1.807, 2.05) is 44.4 Å². The van der Waals surface area contributed by atoms with Gasteiger partial charge in [0.05, 0.1) is 17.4 Å². The molecule has 4 N–H and O–H groups in total. The Morgan fingerprint density at radius 3 is 2.79 bits per heavy atom. The Bertz CT molecular complexity index is 1240. The van der Waals surface area contributed by atoms with Gasteiger partial charge < -0.3 is 21.3 Å². The highest BCUT2D eigenvalue weighted by atomic mass is 35.5. The average Bonchev–Trinajstić information content (AvgIpc) is 3.08. The van der Waals surface area contributed by atoms with Crippen molar-refractivity contribution >= 4 is 57.9 Å². The average molecular weight is 485 g/mol. The molecule has 172 valence electrons. The third-order valence-electron chi connectivity index (χ3n) is 5.50. The van der Waals surface area contributed by atoms with Gasteiger partial charge in [0, 0.05) is 19.2 Å². The first-order valence-corrected chi connectivity index (χ1v) is 11.7. The van der Waals surface area contributed by atoms with Gasteiger partial charge >= 0.3 is 0 Å². The second-order valence-corrected chi connectivity index (χ2v) is 9.67. The first kappa shape index (κ1) is 23.0. The van der Waals surface area contributed by atoms with Crippen LogP contribution >= 0.6 is 22.9 Å². The number of benzene rings is 1. The molecule has 0 bridgehead atoms. The quantitative estimate of drug-likeness (QED) is 0.420. The molecule has 0 spiro atoms. The number of halogens is 1. The van der Waals surface area contributed by atoms with E-state index in [0.717, 1.165) is 22.4 Å². The lowest BCUT2D eigenvalue weighted by atomic mass is 9.89. The van der Waals surface area contributed by atoms with E-state index >= 15 is 0 Å². The Labute approximate surface area is 201 Å². The van der Waals surface area contributed by atoms with Crippen molar-refractivity contribution < 1.29 is 9.59 Å². The summed E-state index contributed by atoms with van der Waals surface area (Å²) in [7, 11) is 1.59. The van der Waals surface area contributed by atoms with Gasteiger partial charge in [0.15, 0.2) is 5.82 Å². The maximum absolute atomic E-state index is 12.2. The number of carbonyl (C=O) groups is 2. The maximum atomic E-state index is 12.2. The van der Waals surface area contributed by atoms with Crippen LogP contribution in [0.25, 0.3) is 0 Å². The summed E-state index contributed by atoms with van der Waals surface area (Å²) in [6.07, 6.45) is 2.61. The minimum absolute atomic E-state index is 0.0438. The second kappa shape index (κ2) is 8.99. The van der Waals surface area contributed by atoms with Crippen LogP contribution < -0.4 is 21.3 Å². The highest BCUT2D eigenvalue weighted by Gasteiger charge is 2.28. The van der Waals surface area contributed by atoms with Crippen LogP contribution in [0, 0.1) is 6.92 Å². The number of hydrogen-bond acceptors (Lipinski definition) is 7. The van der Waals surface area contributed by atoms with E-state index in [1.165, 1.54) is 17.5 Å². The Hall–Kier alpha value is -3.17. The molecule has 3 heterocycles. The summed E-state index contributed by atoms with van der Waals surface area (Å²) < 4.78 is 0. The van der Waals surface area contributed by atoms with E-state index < -0.39 is 5.54 Å². The molecule has 8 nitrogen and oxygen atoms in total. The van der Waals surface area contributed by atoms with Crippen LogP contribution in [-0.2, 0) is 16.8 Å². The minimum atomic E-state index is -0.434. The Morgan fingerprint density at radius 1 is 1.24 bits per heavy atom. The summed E-state index contributed by atoms with van der Waals surface area (Å²) in [6, 6.07) is 5.98. The summed E-state index contributed by atoms with van der Waals surface area (Å²) in [5, 5.41) is 14.4. The van der Waals surface area contributed by atoms with Gasteiger partial charge in [0.1, 0.15) is 9.90 Å². The van der Waals surface area contributed by atoms with Gasteiger partial charge in [0.25, 0.3) is 5.91 Å². The van der Waals surface area contributed by atoms with Crippen LogP contribution in [0.4, 0.5) is 23.1 Å². The molecular weight excluding hydrogens is 460 g/mol. The molecule has 0 unspecified atom stereocenters. The van der Waals surface area contributed by atoms with Crippen molar-refractivity contribution in [3.05, 3.63) is 56.4 Å². The van der Waals surface area contributed by atoms with Crippen molar-refractivity contribution in [2.75, 3.05) is 17.7 Å². The van der Waals surface area contributed by atoms with Crippen molar-refractivity contribution in [1.82, 2.24) is 20.6 Å². The first-order valence-electron chi connectivity index (χ1n) is 10.5. The summed E-state index contributed by atoms with van der Waals surface area (Å²) in [5.41, 5.74) is 4.14. The van der Waals surface area contributed by atoms with Crippen molar-refractivity contribution in [3.63, 3.8) is 0 Å². The number of nitrogens with zero attached hydrogens (tertiary/aromatic N) is 2. The molecule has 0 fully saturated rings. The number of thiophene rings is 1. The molecule has 1 aromatic carbocycles. The van der Waals surface area contributed by atoms with E-state index in [-0.39, 0.29) is 11.8 Å². The molecule has 33 heavy (non-hydrogen) atoms. The van der Waals surface area contributed by atoms with E-state index in [4.69, 9.17) is 11.6 Å². The molecule has 0 aliphatic carbocycles. The smallest absolute Gasteiger partial charge is 0.263 e. The van der Waals surface area contributed by atoms with Gasteiger partial charge in [-0.15, -0.1) is 11.3 Å². The monoisotopic (exact) mass is 484 g/mol. The summed E-state index contributed by atoms with van der Waals surface area (Å²) in [4.78, 5) is 33.6. The van der Waals surface area contributed by atoms with Crippen LogP contribution in [-0.4, -0.2) is 28.8 Å². The predicted octanol–water partition coefficient (Wildman–Crippen LogP) is 4.64. The lowest BCUT2D eigenvalue weighted by Gasteiger charge is -2.27. The lowest BCUT2D eigenvalue weighted by molar-refractivity contribution is -0.122. The summed E-state index contributed by atoms with van der Waals surface area (Å²) in [5.74, 6) is 0.618. The van der Waals surface area contributed by atoms with Crippen LogP contribution in [0.5, 0.6) is 0 Å². The number of aromatic nitrogens is 2. The fourth-order valence-corrected chi connectivity index (χ4v) is 4.95. The number of hydrogen-bond donors (Lipinski definition) is 4.